The lowest BCUT2D eigenvalue weighted by atomic mass is 10.1. The van der Waals surface area contributed by atoms with Gasteiger partial charge in [0.1, 0.15) is 11.6 Å². The molecule has 0 unspecified atom stereocenters. The van der Waals surface area contributed by atoms with Gasteiger partial charge >= 0.3 is 0 Å². The van der Waals surface area contributed by atoms with Crippen molar-refractivity contribution in [1.82, 2.24) is 10.2 Å². The number of benzene rings is 1. The molecule has 88 valence electrons. The maximum atomic E-state index is 13.4. The van der Waals surface area contributed by atoms with Crippen LogP contribution in [0.25, 0.3) is 0 Å². The van der Waals surface area contributed by atoms with E-state index in [0.29, 0.717) is 18.2 Å². The molecule has 1 aromatic rings. The minimum atomic E-state index is -0.376. The first-order valence-electron chi connectivity index (χ1n) is 5.55. The van der Waals surface area contributed by atoms with Gasteiger partial charge in [0.25, 0.3) is 0 Å². The molecule has 0 spiro atoms. The van der Waals surface area contributed by atoms with E-state index in [0.717, 1.165) is 25.7 Å². The summed E-state index contributed by atoms with van der Waals surface area (Å²) in [5.41, 5.74) is 0.439. The smallest absolute Gasteiger partial charge is 0.127 e. The van der Waals surface area contributed by atoms with Gasteiger partial charge in [0, 0.05) is 37.8 Å². The highest BCUT2D eigenvalue weighted by Crippen LogP contribution is 2.14. The minimum absolute atomic E-state index is 0.327. The molecule has 1 aliphatic heterocycles. The van der Waals surface area contributed by atoms with Crippen LogP contribution in [0.3, 0.4) is 0 Å². The number of nitrogens with one attached hydrogen (secondary N) is 1. The number of rotatable bonds is 2. The highest BCUT2D eigenvalue weighted by molar-refractivity contribution is 5.18. The third-order valence-electron chi connectivity index (χ3n) is 3.02. The molecular weight excluding hydrogens is 210 g/mol. The van der Waals surface area contributed by atoms with E-state index in [1.807, 2.05) is 0 Å². The Labute approximate surface area is 94.3 Å². The van der Waals surface area contributed by atoms with E-state index in [1.165, 1.54) is 12.1 Å². The van der Waals surface area contributed by atoms with E-state index in [1.54, 1.807) is 0 Å². The highest BCUT2D eigenvalue weighted by atomic mass is 19.1. The summed E-state index contributed by atoms with van der Waals surface area (Å²) in [6.07, 6.45) is 0. The van der Waals surface area contributed by atoms with Crippen molar-refractivity contribution in [2.75, 3.05) is 19.6 Å². The van der Waals surface area contributed by atoms with E-state index in [9.17, 15) is 8.78 Å². The second-order valence-corrected chi connectivity index (χ2v) is 4.26. The molecule has 0 amide bonds. The third kappa shape index (κ3) is 2.57. The van der Waals surface area contributed by atoms with Crippen molar-refractivity contribution < 1.29 is 8.78 Å². The summed E-state index contributed by atoms with van der Waals surface area (Å²) in [7, 11) is 0. The molecule has 2 nitrogen and oxygen atoms in total. The number of hydrogen-bond acceptors (Lipinski definition) is 2. The van der Waals surface area contributed by atoms with E-state index in [2.05, 4.69) is 17.1 Å². The van der Waals surface area contributed by atoms with Crippen LogP contribution in [0.1, 0.15) is 12.5 Å². The van der Waals surface area contributed by atoms with Crippen molar-refractivity contribution in [1.29, 1.82) is 0 Å². The summed E-state index contributed by atoms with van der Waals surface area (Å²) in [5.74, 6) is -0.702. The van der Waals surface area contributed by atoms with Gasteiger partial charge in [0.05, 0.1) is 0 Å². The molecular formula is C12H16F2N2. The van der Waals surface area contributed by atoms with Crippen LogP contribution in [0.2, 0.25) is 0 Å². The van der Waals surface area contributed by atoms with Gasteiger partial charge in [-0.25, -0.2) is 8.78 Å². The van der Waals surface area contributed by atoms with Gasteiger partial charge in [0.15, 0.2) is 0 Å². The Morgan fingerprint density at radius 1 is 1.44 bits per heavy atom. The normalized spacial score (nSPS) is 22.3. The maximum Gasteiger partial charge on any atom is 0.127 e. The van der Waals surface area contributed by atoms with Gasteiger partial charge in [-0.2, -0.15) is 0 Å². The number of nitrogens with zero attached hydrogens (tertiary/aromatic N) is 1. The fourth-order valence-electron chi connectivity index (χ4n) is 2.00. The molecule has 0 aromatic heterocycles. The largest absolute Gasteiger partial charge is 0.314 e. The number of piperazine rings is 1. The maximum absolute atomic E-state index is 13.4. The molecule has 1 heterocycles. The first-order chi connectivity index (χ1) is 7.66. The fourth-order valence-corrected chi connectivity index (χ4v) is 2.00. The number of halogens is 2. The first-order valence-corrected chi connectivity index (χ1v) is 5.55. The SMILES string of the molecule is C[C@H]1CNCCN1Cc1cc(F)ccc1F. The zero-order valence-corrected chi connectivity index (χ0v) is 9.34. The Morgan fingerprint density at radius 2 is 2.25 bits per heavy atom. The van der Waals surface area contributed by atoms with Gasteiger partial charge in [0.2, 0.25) is 0 Å². The second kappa shape index (κ2) is 4.89. The van der Waals surface area contributed by atoms with Crippen molar-refractivity contribution >= 4 is 0 Å². The second-order valence-electron chi connectivity index (χ2n) is 4.26. The van der Waals surface area contributed by atoms with Crippen LogP contribution in [0.5, 0.6) is 0 Å². The first kappa shape index (κ1) is 11.5. The molecule has 1 saturated heterocycles. The molecule has 1 atom stereocenters. The van der Waals surface area contributed by atoms with Gasteiger partial charge in [-0.15, -0.1) is 0 Å². The quantitative estimate of drug-likeness (QED) is 0.826. The molecule has 0 radical (unpaired) electrons. The average Bonchev–Trinajstić information content (AvgIpc) is 2.27. The van der Waals surface area contributed by atoms with Gasteiger partial charge < -0.3 is 5.32 Å². The molecule has 1 aromatic carbocycles. The van der Waals surface area contributed by atoms with E-state index >= 15 is 0 Å². The molecule has 16 heavy (non-hydrogen) atoms. The molecule has 1 N–H and O–H groups in total. The Balaban J connectivity index is 2.10. The minimum Gasteiger partial charge on any atom is -0.314 e. The van der Waals surface area contributed by atoms with E-state index in [-0.39, 0.29) is 11.6 Å². The van der Waals surface area contributed by atoms with Crippen LogP contribution in [0.15, 0.2) is 18.2 Å². The third-order valence-corrected chi connectivity index (χ3v) is 3.02. The topological polar surface area (TPSA) is 15.3 Å². The Kier molecular flexibility index (Phi) is 3.51. The van der Waals surface area contributed by atoms with Gasteiger partial charge in [-0.05, 0) is 25.1 Å². The molecule has 0 bridgehead atoms. The van der Waals surface area contributed by atoms with E-state index in [4.69, 9.17) is 0 Å². The highest BCUT2D eigenvalue weighted by Gasteiger charge is 2.19. The molecule has 1 fully saturated rings. The summed E-state index contributed by atoms with van der Waals surface area (Å²) in [5, 5.41) is 3.27. The number of hydrogen-bond donors (Lipinski definition) is 1. The zero-order chi connectivity index (χ0) is 11.5. The fraction of sp³-hybridized carbons (Fsp3) is 0.500. The Morgan fingerprint density at radius 3 is 3.00 bits per heavy atom. The van der Waals surface area contributed by atoms with Crippen molar-refractivity contribution in [3.63, 3.8) is 0 Å². The monoisotopic (exact) mass is 226 g/mol. The average molecular weight is 226 g/mol. The summed E-state index contributed by atoms with van der Waals surface area (Å²) < 4.78 is 26.4. The van der Waals surface area contributed by atoms with Crippen molar-refractivity contribution in [3.05, 3.63) is 35.4 Å². The molecule has 1 aliphatic rings. The van der Waals surface area contributed by atoms with Crippen LogP contribution >= 0.6 is 0 Å². The summed E-state index contributed by atoms with van der Waals surface area (Å²) in [6, 6.07) is 3.98. The lowest BCUT2D eigenvalue weighted by Gasteiger charge is -2.33. The van der Waals surface area contributed by atoms with Crippen molar-refractivity contribution in [2.24, 2.45) is 0 Å². The van der Waals surface area contributed by atoms with Crippen LogP contribution in [-0.2, 0) is 6.54 Å². The van der Waals surface area contributed by atoms with Gasteiger partial charge in [-0.1, -0.05) is 0 Å². The standard InChI is InChI=1S/C12H16F2N2/c1-9-7-15-4-5-16(9)8-10-6-11(13)2-3-12(10)14/h2-3,6,9,15H,4-5,7-8H2,1H3/t9-/m0/s1. The lowest BCUT2D eigenvalue weighted by Crippen LogP contribution is -2.49. The van der Waals surface area contributed by atoms with Crippen LogP contribution in [-0.4, -0.2) is 30.6 Å². The molecule has 0 aliphatic carbocycles. The zero-order valence-electron chi connectivity index (χ0n) is 9.34. The molecule has 2 rings (SSSR count). The van der Waals surface area contributed by atoms with Gasteiger partial charge in [-0.3, -0.25) is 4.90 Å². The van der Waals surface area contributed by atoms with Crippen LogP contribution in [0, 0.1) is 11.6 Å². The lowest BCUT2D eigenvalue weighted by molar-refractivity contribution is 0.163. The van der Waals surface area contributed by atoms with Crippen LogP contribution in [0.4, 0.5) is 8.78 Å². The van der Waals surface area contributed by atoms with Crippen molar-refractivity contribution in [2.45, 2.75) is 19.5 Å². The summed E-state index contributed by atoms with van der Waals surface area (Å²) >= 11 is 0. The Bertz CT molecular complexity index is 368. The van der Waals surface area contributed by atoms with Crippen molar-refractivity contribution in [3.8, 4) is 0 Å². The summed E-state index contributed by atoms with van der Waals surface area (Å²) in [4.78, 5) is 2.16. The molecule has 0 saturated carbocycles. The molecule has 4 heteroatoms. The predicted octanol–water partition coefficient (Wildman–Crippen LogP) is 1.76. The van der Waals surface area contributed by atoms with E-state index < -0.39 is 0 Å². The summed E-state index contributed by atoms with van der Waals surface area (Å²) in [6.45, 7) is 5.24. The van der Waals surface area contributed by atoms with Crippen LogP contribution < -0.4 is 5.32 Å². The predicted molar refractivity (Wildman–Crippen MR) is 59.1 cm³/mol. The Hall–Kier alpha value is -1.00.